The minimum Gasteiger partial charge on any atom is -1.00 e. The average Bonchev–Trinajstić information content (AvgIpc) is 2.25. The molecule has 0 rings (SSSR count). The average molecular weight is 255 g/mol. The topological polar surface area (TPSA) is 26.3 Å². The van der Waals surface area contributed by atoms with E-state index in [4.69, 9.17) is 4.74 Å². The number of rotatable bonds is 11. The largest absolute Gasteiger partial charge is 2.00 e. The summed E-state index contributed by atoms with van der Waals surface area (Å²) in [6.07, 6.45) is 13.1. The van der Waals surface area contributed by atoms with Gasteiger partial charge in [0, 0.05) is 6.92 Å². The zero-order chi connectivity index (χ0) is 12.1. The summed E-state index contributed by atoms with van der Waals surface area (Å²) in [6, 6.07) is 0. The maximum atomic E-state index is 10.5. The maximum Gasteiger partial charge on any atom is 2.00 e. The molecule has 0 heterocycles. The van der Waals surface area contributed by atoms with Crippen LogP contribution in [0.3, 0.4) is 0 Å². The van der Waals surface area contributed by atoms with Gasteiger partial charge in [0.05, 0.1) is 6.61 Å². The molecule has 0 unspecified atom stereocenters. The summed E-state index contributed by atoms with van der Waals surface area (Å²) in [6.45, 7) is 4.32. The zero-order valence-electron chi connectivity index (χ0n) is 13.8. The summed E-state index contributed by atoms with van der Waals surface area (Å²) in [4.78, 5) is 10.5. The van der Waals surface area contributed by atoms with Crippen molar-refractivity contribution in [3.8, 4) is 0 Å². The predicted molar refractivity (Wildman–Crippen MR) is 76.5 cm³/mol. The van der Waals surface area contributed by atoms with Crippen molar-refractivity contribution in [2.75, 3.05) is 6.61 Å². The zero-order valence-corrected chi connectivity index (χ0v) is 13.2. The molecule has 0 saturated heterocycles. The molecule has 2 nitrogen and oxygen atoms in total. The number of unbranched alkanes of at least 4 members (excludes halogenated alkanes) is 9. The Labute approximate surface area is 126 Å². The van der Waals surface area contributed by atoms with E-state index in [9.17, 15) is 4.79 Å². The van der Waals surface area contributed by atoms with E-state index < -0.39 is 0 Å². The molecule has 0 bridgehead atoms. The molecule has 17 heavy (non-hydrogen) atoms. The van der Waals surface area contributed by atoms with Gasteiger partial charge < -0.3 is 7.59 Å². The van der Waals surface area contributed by atoms with Crippen molar-refractivity contribution in [2.24, 2.45) is 0 Å². The van der Waals surface area contributed by atoms with Crippen LogP contribution in [0, 0.1) is 0 Å². The Morgan fingerprint density at radius 2 is 1.29 bits per heavy atom. The van der Waals surface area contributed by atoms with Crippen LogP contribution in [0.25, 0.3) is 0 Å². The number of carbonyl (C=O) groups is 1. The van der Waals surface area contributed by atoms with Gasteiger partial charge in [0.1, 0.15) is 0 Å². The van der Waals surface area contributed by atoms with Gasteiger partial charge in [0.25, 0.3) is 0 Å². The summed E-state index contributed by atoms with van der Waals surface area (Å²) in [7, 11) is 0. The molecular formula is C14H30MgO2. The molecular weight excluding hydrogens is 224 g/mol. The monoisotopic (exact) mass is 254 g/mol. The fourth-order valence-electron chi connectivity index (χ4n) is 1.81. The van der Waals surface area contributed by atoms with E-state index in [1.54, 1.807) is 0 Å². The van der Waals surface area contributed by atoms with Crippen molar-refractivity contribution >= 4 is 29.0 Å². The van der Waals surface area contributed by atoms with Gasteiger partial charge in [-0.05, 0) is 6.42 Å². The van der Waals surface area contributed by atoms with E-state index >= 15 is 0 Å². The minimum absolute atomic E-state index is 0. The summed E-state index contributed by atoms with van der Waals surface area (Å²) >= 11 is 0. The molecule has 0 amide bonds. The van der Waals surface area contributed by atoms with Gasteiger partial charge >= 0.3 is 29.0 Å². The molecule has 0 fully saturated rings. The molecule has 0 aliphatic heterocycles. The van der Waals surface area contributed by atoms with Gasteiger partial charge in [-0.15, -0.1) is 0 Å². The number of hydrogen-bond donors (Lipinski definition) is 0. The number of ether oxygens (including phenoxy) is 1. The molecule has 0 aromatic rings. The van der Waals surface area contributed by atoms with E-state index in [1.807, 2.05) is 0 Å². The Bertz CT molecular complexity index is 170. The first-order valence-electron chi connectivity index (χ1n) is 6.90. The molecule has 0 radical (unpaired) electrons. The molecule has 100 valence electrons. The van der Waals surface area contributed by atoms with Crippen LogP contribution in [-0.2, 0) is 9.53 Å². The Hall–Kier alpha value is 0.236. The Morgan fingerprint density at radius 3 is 1.71 bits per heavy atom. The van der Waals surface area contributed by atoms with Gasteiger partial charge in [0.2, 0.25) is 0 Å². The first-order chi connectivity index (χ1) is 7.77. The summed E-state index contributed by atoms with van der Waals surface area (Å²) in [5, 5.41) is 0. The van der Waals surface area contributed by atoms with Gasteiger partial charge in [-0.3, -0.25) is 4.79 Å². The van der Waals surface area contributed by atoms with Crippen LogP contribution >= 0.6 is 0 Å². The minimum atomic E-state index is -0.157. The van der Waals surface area contributed by atoms with Crippen molar-refractivity contribution in [3.05, 3.63) is 0 Å². The third kappa shape index (κ3) is 18.8. The van der Waals surface area contributed by atoms with Gasteiger partial charge in [-0.2, -0.15) is 0 Å². The third-order valence-electron chi connectivity index (χ3n) is 2.80. The number of hydrogen-bond acceptors (Lipinski definition) is 2. The fraction of sp³-hybridized carbons (Fsp3) is 0.929. The Kier molecular flexibility index (Phi) is 18.7. The molecule has 0 spiro atoms. The standard InChI is InChI=1S/C14H28O2.Mg.2H/c1-3-4-5-6-7-8-9-10-11-12-13-16-14(2)15;;;/h3-13H2,1-2H3;;;/q;+2;2*-1. The molecule has 0 aromatic carbocycles. The van der Waals surface area contributed by atoms with E-state index in [-0.39, 0.29) is 31.9 Å². The predicted octanol–water partition coefficient (Wildman–Crippen LogP) is 4.31. The van der Waals surface area contributed by atoms with E-state index in [0.717, 1.165) is 6.42 Å². The van der Waals surface area contributed by atoms with Crippen LogP contribution in [0.1, 0.15) is 80.9 Å². The van der Waals surface area contributed by atoms with Gasteiger partial charge in [-0.25, -0.2) is 0 Å². The van der Waals surface area contributed by atoms with Crippen LogP contribution in [-0.4, -0.2) is 35.6 Å². The molecule has 0 aliphatic carbocycles. The second kappa shape index (κ2) is 16.2. The molecule has 3 heteroatoms. The first kappa shape index (κ1) is 19.6. The van der Waals surface area contributed by atoms with Crippen molar-refractivity contribution in [1.29, 1.82) is 0 Å². The maximum absolute atomic E-state index is 10.5. The van der Waals surface area contributed by atoms with Crippen molar-refractivity contribution in [3.63, 3.8) is 0 Å². The van der Waals surface area contributed by atoms with E-state index in [2.05, 4.69) is 6.92 Å². The SMILES string of the molecule is CCCCCCCCCCCCOC(C)=O.[H-].[H-].[Mg+2]. The van der Waals surface area contributed by atoms with Crippen LogP contribution in [0.5, 0.6) is 0 Å². The molecule has 0 aromatic heterocycles. The Balaban J connectivity index is -0.000000375. The second-order valence-electron chi connectivity index (χ2n) is 4.52. The van der Waals surface area contributed by atoms with Crippen molar-refractivity contribution in [2.45, 2.75) is 78.1 Å². The van der Waals surface area contributed by atoms with E-state index in [0.29, 0.717) is 6.61 Å². The summed E-state index contributed by atoms with van der Waals surface area (Å²) in [5.41, 5.74) is 0. The van der Waals surface area contributed by atoms with Crippen molar-refractivity contribution in [1.82, 2.24) is 0 Å². The Morgan fingerprint density at radius 1 is 0.882 bits per heavy atom. The molecule has 0 aliphatic rings. The molecule has 0 atom stereocenters. The number of carbonyl (C=O) groups excluding carboxylic acids is 1. The second-order valence-corrected chi connectivity index (χ2v) is 4.52. The fourth-order valence-corrected chi connectivity index (χ4v) is 1.81. The van der Waals surface area contributed by atoms with Crippen LogP contribution < -0.4 is 0 Å². The molecule has 0 N–H and O–H groups in total. The summed E-state index contributed by atoms with van der Waals surface area (Å²) < 4.78 is 4.87. The smallest absolute Gasteiger partial charge is 1.00 e. The quantitative estimate of drug-likeness (QED) is 0.312. The summed E-state index contributed by atoms with van der Waals surface area (Å²) in [5.74, 6) is -0.157. The van der Waals surface area contributed by atoms with Crippen LogP contribution in [0.15, 0.2) is 0 Å². The number of esters is 1. The third-order valence-corrected chi connectivity index (χ3v) is 2.80. The van der Waals surface area contributed by atoms with Crippen LogP contribution in [0.2, 0.25) is 0 Å². The van der Waals surface area contributed by atoms with Gasteiger partial charge in [-0.1, -0.05) is 64.7 Å². The van der Waals surface area contributed by atoms with E-state index in [1.165, 1.54) is 64.7 Å². The van der Waals surface area contributed by atoms with Crippen LogP contribution in [0.4, 0.5) is 0 Å². The first-order valence-corrected chi connectivity index (χ1v) is 6.90. The normalized spacial score (nSPS) is 9.76. The van der Waals surface area contributed by atoms with Crippen molar-refractivity contribution < 1.29 is 12.4 Å². The molecule has 0 saturated carbocycles. The van der Waals surface area contributed by atoms with Gasteiger partial charge in [0.15, 0.2) is 0 Å².